The molecule has 5 nitrogen and oxygen atoms in total. The van der Waals surface area contributed by atoms with E-state index in [1.165, 1.54) is 6.92 Å². The topological polar surface area (TPSA) is 53.5 Å². The third kappa shape index (κ3) is 5.38. The molecule has 20 heavy (non-hydrogen) atoms. The lowest BCUT2D eigenvalue weighted by Crippen LogP contribution is -2.40. The standard InChI is InChI=1S/C15H23N3O2/c1-4-5-9-17(3)15(20)12-18(13(2)19)11-14-7-6-8-16-10-14/h6-8,10H,4-5,9,11-12H2,1-3H3. The summed E-state index contributed by atoms with van der Waals surface area (Å²) in [5, 5.41) is 0. The van der Waals surface area contributed by atoms with Crippen molar-refractivity contribution < 1.29 is 9.59 Å². The van der Waals surface area contributed by atoms with Gasteiger partial charge in [-0.3, -0.25) is 14.6 Å². The van der Waals surface area contributed by atoms with Crippen LogP contribution in [-0.4, -0.2) is 46.7 Å². The molecule has 0 aromatic carbocycles. The van der Waals surface area contributed by atoms with E-state index in [2.05, 4.69) is 11.9 Å². The summed E-state index contributed by atoms with van der Waals surface area (Å²) in [7, 11) is 1.78. The molecular weight excluding hydrogens is 254 g/mol. The minimum Gasteiger partial charge on any atom is -0.344 e. The van der Waals surface area contributed by atoms with Gasteiger partial charge >= 0.3 is 0 Å². The molecule has 0 N–H and O–H groups in total. The minimum absolute atomic E-state index is 0.0301. The van der Waals surface area contributed by atoms with Gasteiger partial charge in [-0.25, -0.2) is 0 Å². The average Bonchev–Trinajstić information content (AvgIpc) is 2.44. The number of carbonyl (C=O) groups is 2. The molecule has 0 saturated carbocycles. The maximum Gasteiger partial charge on any atom is 0.241 e. The van der Waals surface area contributed by atoms with Gasteiger partial charge in [0.25, 0.3) is 0 Å². The van der Waals surface area contributed by atoms with Crippen LogP contribution in [0.4, 0.5) is 0 Å². The average molecular weight is 277 g/mol. The summed E-state index contributed by atoms with van der Waals surface area (Å²) >= 11 is 0. The van der Waals surface area contributed by atoms with Gasteiger partial charge in [-0.15, -0.1) is 0 Å². The van der Waals surface area contributed by atoms with Crippen molar-refractivity contribution in [3.63, 3.8) is 0 Å². The van der Waals surface area contributed by atoms with Crippen molar-refractivity contribution in [1.82, 2.24) is 14.8 Å². The van der Waals surface area contributed by atoms with Gasteiger partial charge in [0.15, 0.2) is 0 Å². The number of aromatic nitrogens is 1. The molecule has 0 aliphatic heterocycles. The van der Waals surface area contributed by atoms with Crippen molar-refractivity contribution in [1.29, 1.82) is 0 Å². The number of rotatable bonds is 7. The Bertz CT molecular complexity index is 434. The van der Waals surface area contributed by atoms with Crippen molar-refractivity contribution in [3.05, 3.63) is 30.1 Å². The smallest absolute Gasteiger partial charge is 0.241 e. The van der Waals surface area contributed by atoms with Crippen LogP contribution in [0.5, 0.6) is 0 Å². The maximum absolute atomic E-state index is 12.1. The largest absolute Gasteiger partial charge is 0.344 e. The van der Waals surface area contributed by atoms with E-state index in [-0.39, 0.29) is 18.4 Å². The lowest BCUT2D eigenvalue weighted by molar-refractivity contribution is -0.139. The van der Waals surface area contributed by atoms with E-state index in [4.69, 9.17) is 0 Å². The van der Waals surface area contributed by atoms with E-state index in [1.54, 1.807) is 29.2 Å². The van der Waals surface area contributed by atoms with Crippen LogP contribution < -0.4 is 0 Å². The summed E-state index contributed by atoms with van der Waals surface area (Å²) in [6.07, 6.45) is 5.42. The number of amides is 2. The summed E-state index contributed by atoms with van der Waals surface area (Å²) < 4.78 is 0. The molecule has 0 fully saturated rings. The maximum atomic E-state index is 12.1. The molecule has 5 heteroatoms. The van der Waals surface area contributed by atoms with Crippen LogP contribution in [0, 0.1) is 0 Å². The third-order valence-electron chi connectivity index (χ3n) is 3.14. The summed E-state index contributed by atoms with van der Waals surface area (Å²) in [4.78, 5) is 31.0. The normalized spacial score (nSPS) is 10.2. The number of unbranched alkanes of at least 4 members (excludes halogenated alkanes) is 1. The van der Waals surface area contributed by atoms with Crippen molar-refractivity contribution in [2.75, 3.05) is 20.1 Å². The quantitative estimate of drug-likeness (QED) is 0.762. The predicted octanol–water partition coefficient (Wildman–Crippen LogP) is 1.69. The molecule has 1 aromatic heterocycles. The van der Waals surface area contributed by atoms with Crippen molar-refractivity contribution in [3.8, 4) is 0 Å². The monoisotopic (exact) mass is 277 g/mol. The van der Waals surface area contributed by atoms with E-state index in [9.17, 15) is 9.59 Å². The Hall–Kier alpha value is -1.91. The second kappa shape index (κ2) is 8.30. The fraction of sp³-hybridized carbons (Fsp3) is 0.533. The number of pyridine rings is 1. The SMILES string of the molecule is CCCCN(C)C(=O)CN(Cc1cccnc1)C(C)=O. The van der Waals surface area contributed by atoms with Crippen LogP contribution in [0.15, 0.2) is 24.5 Å². The molecule has 0 bridgehead atoms. The van der Waals surface area contributed by atoms with Crippen LogP contribution in [-0.2, 0) is 16.1 Å². The summed E-state index contributed by atoms with van der Waals surface area (Å²) in [5.41, 5.74) is 0.923. The van der Waals surface area contributed by atoms with E-state index in [0.29, 0.717) is 6.54 Å². The van der Waals surface area contributed by atoms with Crippen LogP contribution in [0.25, 0.3) is 0 Å². The Labute approximate surface area is 120 Å². The molecule has 110 valence electrons. The van der Waals surface area contributed by atoms with E-state index in [0.717, 1.165) is 24.9 Å². The van der Waals surface area contributed by atoms with Gasteiger partial charge in [0, 0.05) is 39.5 Å². The highest BCUT2D eigenvalue weighted by molar-refractivity contribution is 5.83. The lowest BCUT2D eigenvalue weighted by Gasteiger charge is -2.24. The zero-order chi connectivity index (χ0) is 15.0. The lowest BCUT2D eigenvalue weighted by atomic mass is 10.2. The molecule has 0 saturated heterocycles. The zero-order valence-corrected chi connectivity index (χ0v) is 12.5. The number of likely N-dealkylation sites (N-methyl/N-ethyl adjacent to an activating group) is 1. The zero-order valence-electron chi connectivity index (χ0n) is 12.5. The van der Waals surface area contributed by atoms with Crippen molar-refractivity contribution in [2.45, 2.75) is 33.2 Å². The molecule has 1 rings (SSSR count). The fourth-order valence-electron chi connectivity index (χ4n) is 1.79. The number of nitrogens with zero attached hydrogens (tertiary/aromatic N) is 3. The molecular formula is C15H23N3O2. The second-order valence-corrected chi connectivity index (χ2v) is 4.91. The van der Waals surface area contributed by atoms with Crippen LogP contribution in [0.1, 0.15) is 32.3 Å². The van der Waals surface area contributed by atoms with Crippen LogP contribution >= 0.6 is 0 Å². The van der Waals surface area contributed by atoms with Gasteiger partial charge in [0.1, 0.15) is 6.54 Å². The molecule has 0 spiro atoms. The Kier molecular flexibility index (Phi) is 6.70. The fourth-order valence-corrected chi connectivity index (χ4v) is 1.79. The number of carbonyl (C=O) groups excluding carboxylic acids is 2. The predicted molar refractivity (Wildman–Crippen MR) is 77.9 cm³/mol. The minimum atomic E-state index is -0.105. The molecule has 0 aliphatic rings. The Balaban J connectivity index is 2.59. The first-order valence-electron chi connectivity index (χ1n) is 6.93. The molecule has 0 atom stereocenters. The van der Waals surface area contributed by atoms with Crippen LogP contribution in [0.3, 0.4) is 0 Å². The summed E-state index contributed by atoms with van der Waals surface area (Å²) in [6.45, 7) is 4.83. The van der Waals surface area contributed by atoms with E-state index < -0.39 is 0 Å². The van der Waals surface area contributed by atoms with E-state index in [1.807, 2.05) is 12.1 Å². The van der Waals surface area contributed by atoms with Gasteiger partial charge < -0.3 is 9.80 Å². The summed E-state index contributed by atoms with van der Waals surface area (Å²) in [5.74, 6) is -0.136. The first-order chi connectivity index (χ1) is 9.54. The molecule has 0 unspecified atom stereocenters. The van der Waals surface area contributed by atoms with Crippen molar-refractivity contribution >= 4 is 11.8 Å². The highest BCUT2D eigenvalue weighted by atomic mass is 16.2. The second-order valence-electron chi connectivity index (χ2n) is 4.91. The molecule has 2 amide bonds. The molecule has 1 heterocycles. The van der Waals surface area contributed by atoms with E-state index >= 15 is 0 Å². The van der Waals surface area contributed by atoms with Gasteiger partial charge in [-0.1, -0.05) is 19.4 Å². The molecule has 0 radical (unpaired) electrons. The summed E-state index contributed by atoms with van der Waals surface area (Å²) in [6, 6.07) is 3.72. The Morgan fingerprint density at radius 1 is 1.35 bits per heavy atom. The Morgan fingerprint density at radius 2 is 2.10 bits per heavy atom. The van der Waals surface area contributed by atoms with Crippen molar-refractivity contribution in [2.24, 2.45) is 0 Å². The van der Waals surface area contributed by atoms with Gasteiger partial charge in [0.05, 0.1) is 0 Å². The third-order valence-corrected chi connectivity index (χ3v) is 3.14. The molecule has 1 aromatic rings. The first-order valence-corrected chi connectivity index (χ1v) is 6.93. The van der Waals surface area contributed by atoms with Crippen LogP contribution in [0.2, 0.25) is 0 Å². The first kappa shape index (κ1) is 16.1. The Morgan fingerprint density at radius 3 is 2.65 bits per heavy atom. The number of hydrogen-bond acceptors (Lipinski definition) is 3. The highest BCUT2D eigenvalue weighted by Crippen LogP contribution is 2.04. The highest BCUT2D eigenvalue weighted by Gasteiger charge is 2.16. The van der Waals surface area contributed by atoms with Gasteiger partial charge in [-0.2, -0.15) is 0 Å². The van der Waals surface area contributed by atoms with Gasteiger partial charge in [-0.05, 0) is 18.1 Å². The van der Waals surface area contributed by atoms with Gasteiger partial charge in [0.2, 0.25) is 11.8 Å². The number of hydrogen-bond donors (Lipinski definition) is 0. The molecule has 0 aliphatic carbocycles.